The molecule has 0 bridgehead atoms. The van der Waals surface area contributed by atoms with Crippen LogP contribution in [0, 0.1) is 5.92 Å². The van der Waals surface area contributed by atoms with E-state index in [2.05, 4.69) is 12.2 Å². The van der Waals surface area contributed by atoms with Gasteiger partial charge in [-0.15, -0.1) is 0 Å². The van der Waals surface area contributed by atoms with Gasteiger partial charge < -0.3 is 15.3 Å². The van der Waals surface area contributed by atoms with Crippen molar-refractivity contribution >= 4 is 23.8 Å². The predicted octanol–water partition coefficient (Wildman–Crippen LogP) is 2.41. The fourth-order valence-corrected chi connectivity index (χ4v) is 2.98. The van der Waals surface area contributed by atoms with E-state index in [4.69, 9.17) is 5.11 Å². The van der Waals surface area contributed by atoms with Gasteiger partial charge in [0.15, 0.2) is 0 Å². The summed E-state index contributed by atoms with van der Waals surface area (Å²) in [5.41, 5.74) is 0. The van der Waals surface area contributed by atoms with Crippen LogP contribution in [0.5, 0.6) is 0 Å². The van der Waals surface area contributed by atoms with Gasteiger partial charge in [0.05, 0.1) is 0 Å². The van der Waals surface area contributed by atoms with Crippen molar-refractivity contribution in [3.05, 3.63) is 0 Å². The summed E-state index contributed by atoms with van der Waals surface area (Å²) >= 11 is 1.59. The molecule has 0 radical (unpaired) electrons. The average Bonchev–Trinajstić information content (AvgIpc) is 2.68. The molecule has 1 saturated heterocycles. The largest absolute Gasteiger partial charge is 0.480 e. The maximum absolute atomic E-state index is 12.2. The van der Waals surface area contributed by atoms with E-state index in [0.717, 1.165) is 44.5 Å². The number of carbonyl (C=O) groups excluding carboxylic acids is 1. The number of thioether (sulfide) groups is 1. The van der Waals surface area contributed by atoms with E-state index < -0.39 is 12.0 Å². The first kappa shape index (κ1) is 17.1. The number of rotatable bonds is 6. The number of likely N-dealkylation sites (tertiary alicyclic amines) is 1. The van der Waals surface area contributed by atoms with Crippen molar-refractivity contribution in [1.82, 2.24) is 10.2 Å². The second-order valence-electron chi connectivity index (χ2n) is 5.31. The highest BCUT2D eigenvalue weighted by molar-refractivity contribution is 7.98. The normalized spacial score (nSPS) is 21.1. The zero-order valence-corrected chi connectivity index (χ0v) is 13.2. The molecule has 1 rings (SSSR count). The van der Waals surface area contributed by atoms with Crippen molar-refractivity contribution in [2.45, 2.75) is 45.1 Å². The van der Waals surface area contributed by atoms with Crippen molar-refractivity contribution in [3.8, 4) is 0 Å². The smallest absolute Gasteiger partial charge is 0.326 e. The number of carboxylic acid groups (broad SMARTS) is 1. The maximum Gasteiger partial charge on any atom is 0.326 e. The van der Waals surface area contributed by atoms with Gasteiger partial charge in [-0.2, -0.15) is 11.8 Å². The molecule has 0 aromatic heterocycles. The van der Waals surface area contributed by atoms with Crippen LogP contribution in [0.3, 0.4) is 0 Å². The van der Waals surface area contributed by atoms with E-state index in [1.165, 1.54) is 0 Å². The van der Waals surface area contributed by atoms with Gasteiger partial charge in [0.2, 0.25) is 0 Å². The van der Waals surface area contributed by atoms with Crippen LogP contribution in [0.1, 0.15) is 39.0 Å². The number of hydrogen-bond acceptors (Lipinski definition) is 3. The van der Waals surface area contributed by atoms with E-state index in [9.17, 15) is 9.59 Å². The van der Waals surface area contributed by atoms with Gasteiger partial charge in [-0.3, -0.25) is 0 Å². The lowest BCUT2D eigenvalue weighted by Crippen LogP contribution is -2.48. The quantitative estimate of drug-likeness (QED) is 0.790. The Labute approximate surface area is 125 Å². The zero-order valence-electron chi connectivity index (χ0n) is 12.4. The number of amides is 2. The number of nitrogens with one attached hydrogen (secondary N) is 1. The van der Waals surface area contributed by atoms with E-state index in [1.807, 2.05) is 6.26 Å². The van der Waals surface area contributed by atoms with Crippen molar-refractivity contribution in [2.75, 3.05) is 25.1 Å². The molecule has 6 heteroatoms. The number of urea groups is 1. The van der Waals surface area contributed by atoms with Crippen LogP contribution in [0.2, 0.25) is 0 Å². The lowest BCUT2D eigenvalue weighted by Gasteiger charge is -2.23. The maximum atomic E-state index is 12.2. The third-order valence-corrected chi connectivity index (χ3v) is 4.56. The molecule has 20 heavy (non-hydrogen) atoms. The molecule has 0 aromatic carbocycles. The van der Waals surface area contributed by atoms with E-state index in [1.54, 1.807) is 16.7 Å². The van der Waals surface area contributed by atoms with Crippen molar-refractivity contribution in [1.29, 1.82) is 0 Å². The highest BCUT2D eigenvalue weighted by Crippen LogP contribution is 2.20. The number of carbonyl (C=O) groups is 2. The first-order valence-electron chi connectivity index (χ1n) is 7.35. The zero-order chi connectivity index (χ0) is 15.0. The van der Waals surface area contributed by atoms with Crippen LogP contribution >= 0.6 is 11.8 Å². The van der Waals surface area contributed by atoms with Gasteiger partial charge >= 0.3 is 12.0 Å². The summed E-state index contributed by atoms with van der Waals surface area (Å²) in [6.45, 7) is 3.65. The third kappa shape index (κ3) is 5.61. The molecule has 0 aliphatic carbocycles. The van der Waals surface area contributed by atoms with Crippen LogP contribution in [0.25, 0.3) is 0 Å². The molecule has 5 nitrogen and oxygen atoms in total. The summed E-state index contributed by atoms with van der Waals surface area (Å²) in [6, 6.07) is -1.00. The summed E-state index contributed by atoms with van der Waals surface area (Å²) in [6.07, 6.45) is 6.74. The Morgan fingerprint density at radius 3 is 2.75 bits per heavy atom. The summed E-state index contributed by atoms with van der Waals surface area (Å²) < 4.78 is 0. The third-order valence-electron chi connectivity index (χ3n) is 3.92. The molecule has 1 heterocycles. The van der Waals surface area contributed by atoms with E-state index >= 15 is 0 Å². The Hall–Kier alpha value is -0.910. The summed E-state index contributed by atoms with van der Waals surface area (Å²) in [7, 11) is 0. The minimum Gasteiger partial charge on any atom is -0.480 e. The first-order valence-corrected chi connectivity index (χ1v) is 8.75. The lowest BCUT2D eigenvalue weighted by molar-refractivity contribution is -0.139. The average molecular weight is 302 g/mol. The topological polar surface area (TPSA) is 69.6 Å². The Kier molecular flexibility index (Phi) is 7.80. The van der Waals surface area contributed by atoms with Gasteiger partial charge in [0, 0.05) is 13.1 Å². The Morgan fingerprint density at radius 2 is 2.15 bits per heavy atom. The molecular formula is C14H26N2O3S. The monoisotopic (exact) mass is 302 g/mol. The SMILES string of the molecule is CCC1CCCN(C(=O)N[C@@H](CCSC)C(=O)O)CC1. The van der Waals surface area contributed by atoms with Crippen molar-refractivity contribution < 1.29 is 14.7 Å². The molecular weight excluding hydrogens is 276 g/mol. The van der Waals surface area contributed by atoms with Crippen LogP contribution < -0.4 is 5.32 Å². The second-order valence-corrected chi connectivity index (χ2v) is 6.30. The van der Waals surface area contributed by atoms with Crippen LogP contribution in [0.4, 0.5) is 4.79 Å². The molecule has 0 spiro atoms. The molecule has 1 aliphatic heterocycles. The molecule has 2 N–H and O–H groups in total. The molecule has 0 saturated carbocycles. The number of carboxylic acids is 1. The molecule has 2 atom stereocenters. The van der Waals surface area contributed by atoms with Gasteiger partial charge in [-0.05, 0) is 43.6 Å². The fourth-order valence-electron chi connectivity index (χ4n) is 2.51. The summed E-state index contributed by atoms with van der Waals surface area (Å²) in [5, 5.41) is 11.8. The van der Waals surface area contributed by atoms with Crippen LogP contribution in [-0.4, -0.2) is 53.1 Å². The van der Waals surface area contributed by atoms with Gasteiger partial charge in [-0.1, -0.05) is 13.3 Å². The molecule has 1 fully saturated rings. The minimum absolute atomic E-state index is 0.227. The van der Waals surface area contributed by atoms with Gasteiger partial charge in [0.25, 0.3) is 0 Å². The predicted molar refractivity (Wildman–Crippen MR) is 82.2 cm³/mol. The summed E-state index contributed by atoms with van der Waals surface area (Å²) in [5.74, 6) is 0.475. The standard InChI is InChI=1S/C14H26N2O3S/c1-3-11-5-4-8-16(9-6-11)14(19)15-12(13(17)18)7-10-20-2/h11-12H,3-10H2,1-2H3,(H,15,19)(H,17,18)/t11?,12-/m0/s1. The summed E-state index contributed by atoms with van der Waals surface area (Å²) in [4.78, 5) is 25.1. The van der Waals surface area contributed by atoms with Crippen molar-refractivity contribution in [2.24, 2.45) is 5.92 Å². The molecule has 0 aromatic rings. The Bertz CT molecular complexity index is 326. The number of aliphatic carboxylic acids is 1. The van der Waals surface area contributed by atoms with Crippen molar-refractivity contribution in [3.63, 3.8) is 0 Å². The van der Waals surface area contributed by atoms with Crippen LogP contribution in [0.15, 0.2) is 0 Å². The minimum atomic E-state index is -0.950. The van der Waals surface area contributed by atoms with E-state index in [-0.39, 0.29) is 6.03 Å². The van der Waals surface area contributed by atoms with Crippen LogP contribution in [-0.2, 0) is 4.79 Å². The lowest BCUT2D eigenvalue weighted by atomic mass is 9.98. The highest BCUT2D eigenvalue weighted by Gasteiger charge is 2.24. The van der Waals surface area contributed by atoms with Gasteiger partial charge in [0.1, 0.15) is 6.04 Å². The number of hydrogen-bond donors (Lipinski definition) is 2. The second kappa shape index (κ2) is 9.10. The molecule has 1 aliphatic rings. The highest BCUT2D eigenvalue weighted by atomic mass is 32.2. The number of nitrogens with zero attached hydrogens (tertiary/aromatic N) is 1. The Morgan fingerprint density at radius 1 is 1.40 bits per heavy atom. The molecule has 1 unspecified atom stereocenters. The first-order chi connectivity index (χ1) is 9.58. The molecule has 2 amide bonds. The fraction of sp³-hybridized carbons (Fsp3) is 0.857. The Balaban J connectivity index is 2.48. The van der Waals surface area contributed by atoms with E-state index in [0.29, 0.717) is 12.3 Å². The molecule has 116 valence electrons. The van der Waals surface area contributed by atoms with Gasteiger partial charge in [-0.25, -0.2) is 9.59 Å².